The van der Waals surface area contributed by atoms with Gasteiger partial charge in [-0.1, -0.05) is 0 Å². The number of fused-ring (bicyclic) bond motifs is 1. The molecule has 0 spiro atoms. The van der Waals surface area contributed by atoms with E-state index in [1.165, 1.54) is 7.11 Å². The molecule has 5 nitrogen and oxygen atoms in total. The minimum atomic E-state index is -0.226. The Bertz CT molecular complexity index is 521. The van der Waals surface area contributed by atoms with Crippen molar-refractivity contribution in [2.45, 2.75) is 6.42 Å². The molecular formula is C12H14N2O3. The number of methoxy groups -OCH3 is 1. The first-order chi connectivity index (χ1) is 8.22. The smallest absolute Gasteiger partial charge is 0.307 e. The lowest BCUT2D eigenvalue weighted by atomic mass is 10.3. The van der Waals surface area contributed by atoms with Crippen molar-refractivity contribution in [3.8, 4) is 0 Å². The summed E-state index contributed by atoms with van der Waals surface area (Å²) >= 11 is 0. The number of ether oxygens (including phenoxy) is 1. The molecule has 2 heterocycles. The lowest BCUT2D eigenvalue weighted by molar-refractivity contribution is -0.140. The molecule has 0 saturated carbocycles. The summed E-state index contributed by atoms with van der Waals surface area (Å²) in [6, 6.07) is 3.68. The predicted molar refractivity (Wildman–Crippen MR) is 63.9 cm³/mol. The van der Waals surface area contributed by atoms with Gasteiger partial charge in [-0.3, -0.25) is 4.79 Å². The zero-order valence-electron chi connectivity index (χ0n) is 9.84. The molecule has 0 fully saturated rings. The van der Waals surface area contributed by atoms with E-state index in [-0.39, 0.29) is 5.97 Å². The highest BCUT2D eigenvalue weighted by molar-refractivity contribution is 5.88. The summed E-state index contributed by atoms with van der Waals surface area (Å²) in [4.78, 5) is 17.3. The summed E-state index contributed by atoms with van der Waals surface area (Å²) in [5, 5.41) is 0.944. The largest absolute Gasteiger partial charge is 0.469 e. The maximum absolute atomic E-state index is 11.1. The third kappa shape index (κ3) is 2.38. The van der Waals surface area contributed by atoms with Crippen LogP contribution in [0, 0.1) is 0 Å². The summed E-state index contributed by atoms with van der Waals surface area (Å²) in [5.41, 5.74) is 0.792. The van der Waals surface area contributed by atoms with Crippen LogP contribution in [-0.4, -0.2) is 31.7 Å². The third-order valence-electron chi connectivity index (χ3n) is 2.60. The molecular weight excluding hydrogens is 220 g/mol. The van der Waals surface area contributed by atoms with E-state index < -0.39 is 0 Å². The number of anilines is 1. The van der Waals surface area contributed by atoms with Gasteiger partial charge in [-0.2, -0.15) is 0 Å². The van der Waals surface area contributed by atoms with E-state index in [2.05, 4.69) is 9.72 Å². The van der Waals surface area contributed by atoms with E-state index in [4.69, 9.17) is 4.42 Å². The van der Waals surface area contributed by atoms with Crippen LogP contribution in [0.1, 0.15) is 6.42 Å². The molecule has 0 aliphatic carbocycles. The topological polar surface area (TPSA) is 55.6 Å². The lowest BCUT2D eigenvalue weighted by Gasteiger charge is -2.17. The van der Waals surface area contributed by atoms with Gasteiger partial charge in [-0.05, 0) is 12.1 Å². The fourth-order valence-corrected chi connectivity index (χ4v) is 1.65. The fraction of sp³-hybridized carbons (Fsp3) is 0.333. The molecule has 0 saturated heterocycles. The number of aromatic nitrogens is 1. The molecule has 90 valence electrons. The standard InChI is InChI=1S/C12H14N2O3/c1-14(7-4-11(15)16-2)12-9-5-8-17-10(9)3-6-13-12/h3,5-6,8H,4,7H2,1-2H3. The Balaban J connectivity index is 2.15. The van der Waals surface area contributed by atoms with Crippen molar-refractivity contribution in [1.82, 2.24) is 4.98 Å². The second kappa shape index (κ2) is 4.86. The van der Waals surface area contributed by atoms with Crippen molar-refractivity contribution < 1.29 is 13.9 Å². The molecule has 0 bridgehead atoms. The number of pyridine rings is 1. The van der Waals surface area contributed by atoms with Gasteiger partial charge in [-0.25, -0.2) is 4.98 Å². The minimum absolute atomic E-state index is 0.226. The maximum atomic E-state index is 11.1. The summed E-state index contributed by atoms with van der Waals surface area (Å²) in [7, 11) is 3.27. The van der Waals surface area contributed by atoms with Gasteiger partial charge in [0.25, 0.3) is 0 Å². The van der Waals surface area contributed by atoms with Crippen LogP contribution in [0.4, 0.5) is 5.82 Å². The zero-order valence-corrected chi connectivity index (χ0v) is 9.84. The summed E-state index contributed by atoms with van der Waals surface area (Å²) in [5.74, 6) is 0.580. The van der Waals surface area contributed by atoms with Gasteiger partial charge in [0, 0.05) is 19.8 Å². The minimum Gasteiger partial charge on any atom is -0.469 e. The summed E-state index contributed by atoms with van der Waals surface area (Å²) in [6.45, 7) is 0.559. The van der Waals surface area contributed by atoms with Crippen LogP contribution in [0.3, 0.4) is 0 Å². The van der Waals surface area contributed by atoms with E-state index >= 15 is 0 Å². The molecule has 0 aliphatic rings. The molecule has 0 N–H and O–H groups in total. The Labute approximate surface area is 99.0 Å². The average Bonchev–Trinajstić information content (AvgIpc) is 2.83. The summed E-state index contributed by atoms with van der Waals surface area (Å²) in [6.07, 6.45) is 3.66. The number of carbonyl (C=O) groups is 1. The Morgan fingerprint density at radius 3 is 3.12 bits per heavy atom. The number of furan rings is 1. The highest BCUT2D eigenvalue weighted by Crippen LogP contribution is 2.24. The van der Waals surface area contributed by atoms with Crippen molar-refractivity contribution in [3.05, 3.63) is 24.6 Å². The average molecular weight is 234 g/mol. The third-order valence-corrected chi connectivity index (χ3v) is 2.60. The fourth-order valence-electron chi connectivity index (χ4n) is 1.65. The van der Waals surface area contributed by atoms with Crippen LogP contribution in [0.25, 0.3) is 11.0 Å². The van der Waals surface area contributed by atoms with E-state index in [9.17, 15) is 4.79 Å². The zero-order chi connectivity index (χ0) is 12.3. The monoisotopic (exact) mass is 234 g/mol. The Kier molecular flexibility index (Phi) is 3.27. The number of nitrogens with zero attached hydrogens (tertiary/aromatic N) is 2. The maximum Gasteiger partial charge on any atom is 0.307 e. The van der Waals surface area contributed by atoms with Gasteiger partial charge in [0.05, 0.1) is 25.2 Å². The first-order valence-electron chi connectivity index (χ1n) is 5.32. The van der Waals surface area contributed by atoms with E-state index in [0.29, 0.717) is 13.0 Å². The van der Waals surface area contributed by atoms with Crippen molar-refractivity contribution in [1.29, 1.82) is 0 Å². The first-order valence-corrected chi connectivity index (χ1v) is 5.32. The van der Waals surface area contributed by atoms with Crippen LogP contribution < -0.4 is 4.90 Å². The lowest BCUT2D eigenvalue weighted by Crippen LogP contribution is -2.22. The van der Waals surface area contributed by atoms with Crippen molar-refractivity contribution in [3.63, 3.8) is 0 Å². The predicted octanol–water partition coefficient (Wildman–Crippen LogP) is 1.83. The number of carbonyl (C=O) groups excluding carboxylic acids is 1. The van der Waals surface area contributed by atoms with Gasteiger partial charge in [0.15, 0.2) is 0 Å². The van der Waals surface area contributed by atoms with Crippen LogP contribution in [0.15, 0.2) is 29.0 Å². The van der Waals surface area contributed by atoms with Gasteiger partial charge in [0.2, 0.25) is 0 Å². The highest BCUT2D eigenvalue weighted by Gasteiger charge is 2.10. The SMILES string of the molecule is COC(=O)CCN(C)c1nccc2occc12. The van der Waals surface area contributed by atoms with Crippen molar-refractivity contribution in [2.75, 3.05) is 25.6 Å². The first kappa shape index (κ1) is 11.4. The van der Waals surface area contributed by atoms with Crippen LogP contribution in [-0.2, 0) is 9.53 Å². The number of hydrogen-bond acceptors (Lipinski definition) is 5. The highest BCUT2D eigenvalue weighted by atomic mass is 16.5. The van der Waals surface area contributed by atoms with Gasteiger partial charge < -0.3 is 14.1 Å². The normalized spacial score (nSPS) is 10.5. The molecule has 0 radical (unpaired) electrons. The molecule has 0 atom stereocenters. The Morgan fingerprint density at radius 1 is 1.53 bits per heavy atom. The Morgan fingerprint density at radius 2 is 2.35 bits per heavy atom. The number of esters is 1. The van der Waals surface area contributed by atoms with Gasteiger partial charge >= 0.3 is 5.97 Å². The molecule has 2 aromatic rings. The Hall–Kier alpha value is -2.04. The van der Waals surface area contributed by atoms with E-state index in [1.807, 2.05) is 24.1 Å². The van der Waals surface area contributed by atoms with Crippen LogP contribution in [0.2, 0.25) is 0 Å². The van der Waals surface area contributed by atoms with E-state index in [1.54, 1.807) is 12.5 Å². The van der Waals surface area contributed by atoms with Crippen molar-refractivity contribution in [2.24, 2.45) is 0 Å². The van der Waals surface area contributed by atoms with E-state index in [0.717, 1.165) is 16.8 Å². The van der Waals surface area contributed by atoms with Crippen LogP contribution >= 0.6 is 0 Å². The van der Waals surface area contributed by atoms with Gasteiger partial charge in [0.1, 0.15) is 11.4 Å². The summed E-state index contributed by atoms with van der Waals surface area (Å²) < 4.78 is 9.90. The number of rotatable bonds is 4. The van der Waals surface area contributed by atoms with Gasteiger partial charge in [-0.15, -0.1) is 0 Å². The van der Waals surface area contributed by atoms with Crippen LogP contribution in [0.5, 0.6) is 0 Å². The molecule has 0 unspecified atom stereocenters. The second-order valence-corrected chi connectivity index (χ2v) is 3.71. The second-order valence-electron chi connectivity index (χ2n) is 3.71. The molecule has 0 amide bonds. The molecule has 2 rings (SSSR count). The quantitative estimate of drug-likeness (QED) is 0.755. The molecule has 0 aromatic carbocycles. The number of hydrogen-bond donors (Lipinski definition) is 0. The molecule has 5 heteroatoms. The molecule has 0 aliphatic heterocycles. The van der Waals surface area contributed by atoms with Crippen molar-refractivity contribution >= 4 is 22.8 Å². The molecule has 17 heavy (non-hydrogen) atoms. The molecule has 2 aromatic heterocycles.